The Bertz CT molecular complexity index is 609. The molecule has 0 aliphatic carbocycles. The number of aryl methyl sites for hydroxylation is 1. The molecule has 0 fully saturated rings. The van der Waals surface area contributed by atoms with Crippen LogP contribution in [0.25, 0.3) is 11.3 Å². The number of aromatic nitrogens is 2. The van der Waals surface area contributed by atoms with Gasteiger partial charge in [0.15, 0.2) is 0 Å². The van der Waals surface area contributed by atoms with Gasteiger partial charge >= 0.3 is 0 Å². The summed E-state index contributed by atoms with van der Waals surface area (Å²) in [5, 5.41) is 9.25. The van der Waals surface area contributed by atoms with Crippen LogP contribution in [0.1, 0.15) is 38.1 Å². The topological polar surface area (TPSA) is 49.6 Å². The normalized spacial score (nSPS) is 12.2. The molecule has 20 heavy (non-hydrogen) atoms. The largest absolute Gasteiger partial charge is 0.240 e. The van der Waals surface area contributed by atoms with E-state index in [0.29, 0.717) is 5.82 Å². The lowest BCUT2D eigenvalue weighted by molar-refractivity contribution is 0.562. The van der Waals surface area contributed by atoms with Gasteiger partial charge in [-0.25, -0.2) is 9.97 Å². The Labute approximate surface area is 120 Å². The third kappa shape index (κ3) is 3.03. The van der Waals surface area contributed by atoms with E-state index in [1.54, 1.807) is 6.20 Å². The summed E-state index contributed by atoms with van der Waals surface area (Å²) in [5.41, 5.74) is 3.24. The van der Waals surface area contributed by atoms with Crippen molar-refractivity contribution in [3.8, 4) is 17.3 Å². The summed E-state index contributed by atoms with van der Waals surface area (Å²) in [6.45, 7) is 6.16. The fraction of sp³-hybridized carbons (Fsp3) is 0.353. The van der Waals surface area contributed by atoms with E-state index in [1.807, 2.05) is 19.9 Å². The average molecular weight is 265 g/mol. The lowest BCUT2D eigenvalue weighted by atomic mass is 9.96. The van der Waals surface area contributed by atoms with Gasteiger partial charge in [-0.3, -0.25) is 0 Å². The highest BCUT2D eigenvalue weighted by Gasteiger charge is 2.18. The van der Waals surface area contributed by atoms with E-state index >= 15 is 0 Å². The second-order valence-corrected chi connectivity index (χ2v) is 5.20. The zero-order valence-electron chi connectivity index (χ0n) is 12.2. The van der Waals surface area contributed by atoms with Gasteiger partial charge in [-0.15, -0.1) is 0 Å². The molecule has 0 aliphatic rings. The summed E-state index contributed by atoms with van der Waals surface area (Å²) in [6.07, 6.45) is 2.76. The van der Waals surface area contributed by atoms with Crippen molar-refractivity contribution in [3.63, 3.8) is 0 Å². The van der Waals surface area contributed by atoms with Gasteiger partial charge in [0.2, 0.25) is 0 Å². The quantitative estimate of drug-likeness (QED) is 0.840. The minimum absolute atomic E-state index is 0.206. The van der Waals surface area contributed by atoms with E-state index in [2.05, 4.69) is 47.2 Å². The van der Waals surface area contributed by atoms with Crippen molar-refractivity contribution in [3.05, 3.63) is 47.9 Å². The summed E-state index contributed by atoms with van der Waals surface area (Å²) < 4.78 is 0. The molecule has 1 heterocycles. The van der Waals surface area contributed by atoms with Crippen molar-refractivity contribution in [2.75, 3.05) is 0 Å². The van der Waals surface area contributed by atoms with Crippen LogP contribution in [0.2, 0.25) is 0 Å². The van der Waals surface area contributed by atoms with Gasteiger partial charge < -0.3 is 0 Å². The van der Waals surface area contributed by atoms with Gasteiger partial charge in [0.05, 0.1) is 11.8 Å². The molecule has 2 aromatic rings. The molecule has 0 N–H and O–H groups in total. The van der Waals surface area contributed by atoms with E-state index < -0.39 is 0 Å². The maximum Gasteiger partial charge on any atom is 0.146 e. The maximum atomic E-state index is 9.25. The number of hydrogen-bond acceptors (Lipinski definition) is 3. The monoisotopic (exact) mass is 265 g/mol. The fourth-order valence-corrected chi connectivity index (χ4v) is 2.10. The van der Waals surface area contributed by atoms with Crippen molar-refractivity contribution in [1.29, 1.82) is 5.26 Å². The molecule has 1 atom stereocenters. The molecule has 0 radical (unpaired) electrons. The highest BCUT2D eigenvalue weighted by molar-refractivity contribution is 5.59. The molecule has 1 aromatic carbocycles. The van der Waals surface area contributed by atoms with E-state index in [9.17, 15) is 5.26 Å². The molecule has 0 aliphatic heterocycles. The lowest BCUT2D eigenvalue weighted by Crippen LogP contribution is -2.09. The first-order valence-electron chi connectivity index (χ1n) is 6.97. The maximum absolute atomic E-state index is 9.25. The van der Waals surface area contributed by atoms with Crippen molar-refractivity contribution in [2.45, 2.75) is 33.1 Å². The van der Waals surface area contributed by atoms with Crippen LogP contribution in [0.4, 0.5) is 0 Å². The molecule has 3 heteroatoms. The third-order valence-corrected chi connectivity index (χ3v) is 3.42. The van der Waals surface area contributed by atoms with Crippen molar-refractivity contribution >= 4 is 0 Å². The van der Waals surface area contributed by atoms with E-state index in [1.165, 1.54) is 5.56 Å². The van der Waals surface area contributed by atoms with Gasteiger partial charge in [0.25, 0.3) is 0 Å². The van der Waals surface area contributed by atoms with Crippen molar-refractivity contribution in [1.82, 2.24) is 9.97 Å². The summed E-state index contributed by atoms with van der Waals surface area (Å²) in [6, 6.07) is 12.5. The summed E-state index contributed by atoms with van der Waals surface area (Å²) in [4.78, 5) is 8.81. The van der Waals surface area contributed by atoms with Gasteiger partial charge in [-0.1, -0.05) is 45.0 Å². The molecule has 2 rings (SSSR count). The molecule has 1 unspecified atom stereocenters. The Balaban J connectivity index is 2.36. The lowest BCUT2D eigenvalue weighted by Gasteiger charge is -2.12. The Hall–Kier alpha value is -2.21. The zero-order valence-corrected chi connectivity index (χ0v) is 12.2. The Morgan fingerprint density at radius 2 is 1.85 bits per heavy atom. The van der Waals surface area contributed by atoms with Crippen LogP contribution in [0.5, 0.6) is 0 Å². The number of nitriles is 1. The van der Waals surface area contributed by atoms with Gasteiger partial charge in [0.1, 0.15) is 11.7 Å². The summed E-state index contributed by atoms with van der Waals surface area (Å²) in [7, 11) is 0. The molecule has 0 spiro atoms. The van der Waals surface area contributed by atoms with Crippen LogP contribution in [0.3, 0.4) is 0 Å². The van der Waals surface area contributed by atoms with Crippen molar-refractivity contribution < 1.29 is 0 Å². The number of nitrogens with zero attached hydrogens (tertiary/aromatic N) is 3. The number of hydrogen-bond donors (Lipinski definition) is 0. The van der Waals surface area contributed by atoms with Crippen LogP contribution >= 0.6 is 0 Å². The number of benzene rings is 1. The molecule has 0 bridgehead atoms. The molecule has 102 valence electrons. The molecule has 3 nitrogen and oxygen atoms in total. The molecule has 0 saturated heterocycles. The predicted molar refractivity (Wildman–Crippen MR) is 80.0 cm³/mol. The first-order valence-corrected chi connectivity index (χ1v) is 6.97. The molecule has 0 saturated carbocycles. The Morgan fingerprint density at radius 1 is 1.15 bits per heavy atom. The average Bonchev–Trinajstić information content (AvgIpc) is 2.48. The highest BCUT2D eigenvalue weighted by Crippen LogP contribution is 2.23. The summed E-state index contributed by atoms with van der Waals surface area (Å²) in [5.74, 6) is 0.558. The summed E-state index contributed by atoms with van der Waals surface area (Å²) >= 11 is 0. The molecular weight excluding hydrogens is 246 g/mol. The molecule has 1 aromatic heterocycles. The third-order valence-electron chi connectivity index (χ3n) is 3.42. The van der Waals surface area contributed by atoms with Crippen LogP contribution < -0.4 is 0 Å². The predicted octanol–water partition coefficient (Wildman–Crippen LogP) is 3.97. The fourth-order valence-electron chi connectivity index (χ4n) is 2.10. The second-order valence-electron chi connectivity index (χ2n) is 5.20. The van der Waals surface area contributed by atoms with Crippen LogP contribution in [0.15, 0.2) is 36.5 Å². The standard InChI is InChI=1S/C17H19N3/c1-4-13-5-7-14(8-6-13)16-9-10-19-17(20-16)15(11-18)12(2)3/h5-10,12,15H,4H2,1-3H3. The van der Waals surface area contributed by atoms with Gasteiger partial charge in [0, 0.05) is 11.8 Å². The van der Waals surface area contributed by atoms with E-state index in [0.717, 1.165) is 17.7 Å². The van der Waals surface area contributed by atoms with Crippen LogP contribution in [-0.4, -0.2) is 9.97 Å². The van der Waals surface area contributed by atoms with Crippen molar-refractivity contribution in [2.24, 2.45) is 5.92 Å². The minimum atomic E-state index is -0.259. The second kappa shape index (κ2) is 6.29. The smallest absolute Gasteiger partial charge is 0.146 e. The van der Waals surface area contributed by atoms with E-state index in [-0.39, 0.29) is 11.8 Å². The molecular formula is C17H19N3. The Morgan fingerprint density at radius 3 is 2.40 bits per heavy atom. The highest BCUT2D eigenvalue weighted by atomic mass is 14.9. The SMILES string of the molecule is CCc1ccc(-c2ccnc(C(C#N)C(C)C)n2)cc1. The van der Waals surface area contributed by atoms with E-state index in [4.69, 9.17) is 0 Å². The Kier molecular flexibility index (Phi) is 4.47. The molecule has 0 amide bonds. The first-order chi connectivity index (χ1) is 9.65. The minimum Gasteiger partial charge on any atom is -0.240 e. The van der Waals surface area contributed by atoms with Crippen LogP contribution in [-0.2, 0) is 6.42 Å². The van der Waals surface area contributed by atoms with Gasteiger partial charge in [-0.05, 0) is 24.0 Å². The number of rotatable bonds is 4. The first kappa shape index (κ1) is 14.2. The zero-order chi connectivity index (χ0) is 14.5. The van der Waals surface area contributed by atoms with Crippen LogP contribution in [0, 0.1) is 17.2 Å². The van der Waals surface area contributed by atoms with Gasteiger partial charge in [-0.2, -0.15) is 5.26 Å².